The molecule has 0 bridgehead atoms. The lowest BCUT2D eigenvalue weighted by Gasteiger charge is -2.33. The average molecular weight is 600 g/mol. The van der Waals surface area contributed by atoms with E-state index in [0.717, 1.165) is 22.6 Å². The summed E-state index contributed by atoms with van der Waals surface area (Å²) in [6.45, 7) is 10.5. The first kappa shape index (κ1) is 29.5. The van der Waals surface area contributed by atoms with Gasteiger partial charge in [-0.3, -0.25) is 9.72 Å². The van der Waals surface area contributed by atoms with Crippen molar-refractivity contribution in [2.45, 2.75) is 77.0 Å². The molecule has 2 amide bonds. The Bertz CT molecular complexity index is 1700. The molecule has 1 aliphatic carbocycles. The zero-order valence-electron chi connectivity index (χ0n) is 25.5. The second-order valence-electron chi connectivity index (χ2n) is 12.2. The molecule has 230 valence electrons. The van der Waals surface area contributed by atoms with Crippen molar-refractivity contribution in [3.05, 3.63) is 77.1 Å². The van der Waals surface area contributed by atoms with Crippen LogP contribution in [0.3, 0.4) is 0 Å². The minimum atomic E-state index is -0.638. The van der Waals surface area contributed by atoms with Crippen molar-refractivity contribution in [2.24, 2.45) is 0 Å². The van der Waals surface area contributed by atoms with Crippen LogP contribution in [-0.4, -0.2) is 55.9 Å². The zero-order valence-corrected chi connectivity index (χ0v) is 25.5. The maximum absolute atomic E-state index is 13.2. The molecular formula is C32H37N7O5. The Morgan fingerprint density at radius 1 is 1.07 bits per heavy atom. The molecular weight excluding hydrogens is 562 g/mol. The van der Waals surface area contributed by atoms with Crippen molar-refractivity contribution >= 4 is 23.5 Å². The van der Waals surface area contributed by atoms with Crippen LogP contribution in [0.5, 0.6) is 5.75 Å². The van der Waals surface area contributed by atoms with Gasteiger partial charge >= 0.3 is 12.0 Å². The maximum atomic E-state index is 13.2. The Hall–Kier alpha value is -4.58. The van der Waals surface area contributed by atoms with Crippen molar-refractivity contribution in [3.8, 4) is 5.75 Å². The number of benzene rings is 1. The number of aromatic nitrogens is 5. The Kier molecular flexibility index (Phi) is 7.93. The van der Waals surface area contributed by atoms with Crippen LogP contribution >= 0.6 is 0 Å². The van der Waals surface area contributed by atoms with Gasteiger partial charge in [-0.15, -0.1) is 10.2 Å². The summed E-state index contributed by atoms with van der Waals surface area (Å²) in [5.74, 6) is 1.28. The number of carbonyl (C=O) groups excluding carboxylic acids is 2. The van der Waals surface area contributed by atoms with Gasteiger partial charge in [0.1, 0.15) is 23.5 Å². The summed E-state index contributed by atoms with van der Waals surface area (Å²) in [5.41, 5.74) is 2.99. The van der Waals surface area contributed by atoms with Crippen molar-refractivity contribution in [1.29, 1.82) is 0 Å². The first-order valence-corrected chi connectivity index (χ1v) is 15.0. The van der Waals surface area contributed by atoms with E-state index in [4.69, 9.17) is 14.2 Å². The summed E-state index contributed by atoms with van der Waals surface area (Å²) < 4.78 is 19.2. The molecule has 2 unspecified atom stereocenters. The number of pyridine rings is 1. The SMILES string of the molecule is CCOC(=O)c1nc(NC(=O)N[C@H]2CC[C@@H](Oc3ccc4nnc(C5COC5C)n4c3)c3ccccc32)cc(C(C)(C)C)n1. The Morgan fingerprint density at radius 3 is 2.57 bits per heavy atom. The fraction of sp³-hybridized carbons (Fsp3) is 0.438. The summed E-state index contributed by atoms with van der Waals surface area (Å²) in [7, 11) is 0. The van der Waals surface area contributed by atoms with Gasteiger partial charge in [-0.2, -0.15) is 0 Å². The number of urea groups is 1. The van der Waals surface area contributed by atoms with Gasteiger partial charge in [0.05, 0.1) is 43.2 Å². The number of hydrogen-bond acceptors (Lipinski definition) is 9. The maximum Gasteiger partial charge on any atom is 0.376 e. The highest BCUT2D eigenvalue weighted by Crippen LogP contribution is 2.39. The highest BCUT2D eigenvalue weighted by Gasteiger charge is 2.34. The number of ether oxygens (including phenoxy) is 3. The normalized spacial score (nSPS) is 21.2. The third-order valence-corrected chi connectivity index (χ3v) is 8.05. The fourth-order valence-corrected chi connectivity index (χ4v) is 5.56. The molecule has 12 nitrogen and oxygen atoms in total. The van der Waals surface area contributed by atoms with E-state index in [1.165, 1.54) is 0 Å². The predicted molar refractivity (Wildman–Crippen MR) is 162 cm³/mol. The fourth-order valence-electron chi connectivity index (χ4n) is 5.56. The van der Waals surface area contributed by atoms with Crippen LogP contribution in [0, 0.1) is 0 Å². The van der Waals surface area contributed by atoms with Gasteiger partial charge in [0, 0.05) is 11.5 Å². The molecule has 0 radical (unpaired) electrons. The number of nitrogens with zero attached hydrogens (tertiary/aromatic N) is 5. The number of esters is 1. The van der Waals surface area contributed by atoms with Gasteiger partial charge in [0.2, 0.25) is 5.82 Å². The number of carbonyl (C=O) groups is 2. The molecule has 44 heavy (non-hydrogen) atoms. The molecule has 6 rings (SSSR count). The van der Waals surface area contributed by atoms with Crippen molar-refractivity contribution < 1.29 is 23.8 Å². The summed E-state index contributed by atoms with van der Waals surface area (Å²) in [5, 5.41) is 14.6. The number of anilines is 1. The van der Waals surface area contributed by atoms with E-state index in [-0.39, 0.29) is 47.8 Å². The molecule has 2 N–H and O–H groups in total. The van der Waals surface area contributed by atoms with E-state index in [9.17, 15) is 9.59 Å². The standard InChI is InChI=1S/C32H37N7O5/c1-6-42-30(40)28-34-25(32(3,4)5)15-26(35-28)36-31(41)33-23-12-13-24(21-10-8-7-9-20(21)23)44-19-11-14-27-37-38-29(39(27)16-19)22-17-43-18(22)2/h7-11,14-16,18,22-24H,6,12-13,17H2,1-5H3,(H2,33,34,35,36,41)/t18?,22?,23-,24+/m0/s1. The van der Waals surface area contributed by atoms with Crippen LogP contribution in [-0.2, 0) is 14.9 Å². The van der Waals surface area contributed by atoms with Crippen molar-refractivity contribution in [1.82, 2.24) is 29.9 Å². The molecule has 4 aromatic rings. The minimum absolute atomic E-state index is 0.0927. The molecule has 0 saturated carbocycles. The topological polar surface area (TPSA) is 142 Å². The molecule has 1 aromatic carbocycles. The summed E-state index contributed by atoms with van der Waals surface area (Å²) in [6.07, 6.45) is 3.20. The van der Waals surface area contributed by atoms with Gasteiger partial charge in [-0.25, -0.2) is 19.6 Å². The number of amides is 2. The summed E-state index contributed by atoms with van der Waals surface area (Å²) in [4.78, 5) is 34.2. The van der Waals surface area contributed by atoms with Crippen LogP contribution in [0.15, 0.2) is 48.7 Å². The molecule has 3 aromatic heterocycles. The molecule has 0 spiro atoms. The molecule has 1 aliphatic heterocycles. The van der Waals surface area contributed by atoms with E-state index in [1.54, 1.807) is 13.0 Å². The zero-order chi connectivity index (χ0) is 31.0. The average Bonchev–Trinajstić information content (AvgIpc) is 3.39. The summed E-state index contributed by atoms with van der Waals surface area (Å²) >= 11 is 0. The smallest absolute Gasteiger partial charge is 0.376 e. The molecule has 2 aliphatic rings. The lowest BCUT2D eigenvalue weighted by atomic mass is 9.85. The van der Waals surface area contributed by atoms with Crippen molar-refractivity contribution in [3.63, 3.8) is 0 Å². The molecule has 4 atom stereocenters. The molecule has 1 fully saturated rings. The monoisotopic (exact) mass is 599 g/mol. The Labute approximate surface area is 255 Å². The number of rotatable bonds is 7. The van der Waals surface area contributed by atoms with Crippen LogP contribution in [0.4, 0.5) is 10.6 Å². The van der Waals surface area contributed by atoms with Crippen LogP contribution in [0.25, 0.3) is 5.65 Å². The first-order valence-electron chi connectivity index (χ1n) is 15.0. The highest BCUT2D eigenvalue weighted by molar-refractivity contribution is 5.90. The van der Waals surface area contributed by atoms with Gasteiger partial charge in [0.15, 0.2) is 5.65 Å². The van der Waals surface area contributed by atoms with E-state index in [1.807, 2.05) is 74.7 Å². The van der Waals surface area contributed by atoms with Gasteiger partial charge in [-0.05, 0) is 49.9 Å². The quantitative estimate of drug-likeness (QED) is 0.272. The molecule has 1 saturated heterocycles. The molecule has 4 heterocycles. The second kappa shape index (κ2) is 11.8. The third-order valence-electron chi connectivity index (χ3n) is 8.05. The van der Waals surface area contributed by atoms with Gasteiger partial charge in [0.25, 0.3) is 0 Å². The predicted octanol–water partition coefficient (Wildman–Crippen LogP) is 5.27. The number of nitrogens with one attached hydrogen (secondary N) is 2. The lowest BCUT2D eigenvalue weighted by molar-refractivity contribution is -0.0678. The van der Waals surface area contributed by atoms with Crippen LogP contribution < -0.4 is 15.4 Å². The summed E-state index contributed by atoms with van der Waals surface area (Å²) in [6, 6.07) is 12.8. The number of fused-ring (bicyclic) bond motifs is 2. The van der Waals surface area contributed by atoms with Crippen molar-refractivity contribution in [2.75, 3.05) is 18.5 Å². The van der Waals surface area contributed by atoms with E-state index >= 15 is 0 Å². The largest absolute Gasteiger partial charge is 0.484 e. The van der Waals surface area contributed by atoms with E-state index in [0.29, 0.717) is 30.9 Å². The highest BCUT2D eigenvalue weighted by atomic mass is 16.5. The first-order chi connectivity index (χ1) is 21.1. The van der Waals surface area contributed by atoms with Crippen LogP contribution in [0.2, 0.25) is 0 Å². The minimum Gasteiger partial charge on any atom is -0.484 e. The third kappa shape index (κ3) is 5.94. The van der Waals surface area contributed by atoms with E-state index < -0.39 is 12.0 Å². The van der Waals surface area contributed by atoms with Gasteiger partial charge < -0.3 is 19.5 Å². The Morgan fingerprint density at radius 2 is 1.86 bits per heavy atom. The Balaban J connectivity index is 1.18. The lowest BCUT2D eigenvalue weighted by Crippen LogP contribution is -2.36. The van der Waals surface area contributed by atoms with Crippen LogP contribution in [0.1, 0.15) is 98.8 Å². The molecule has 12 heteroatoms. The number of hydrogen-bond donors (Lipinski definition) is 2. The van der Waals surface area contributed by atoms with E-state index in [2.05, 4.69) is 30.8 Å². The second-order valence-corrected chi connectivity index (χ2v) is 12.2. The van der Waals surface area contributed by atoms with Gasteiger partial charge in [-0.1, -0.05) is 45.0 Å².